The molecule has 1 aromatic heterocycles. The summed E-state index contributed by atoms with van der Waals surface area (Å²) in [5.74, 6) is -0.0553. The van der Waals surface area contributed by atoms with Crippen molar-refractivity contribution in [2.75, 3.05) is 7.11 Å². The highest BCUT2D eigenvalue weighted by atomic mass is 32.2. The SMILES string of the molecule is COc1ccc2c3c(cn2S(=O)(=O)c2ccc(C)cc2)CC(N=[N+]=[N-])C(=O)c13. The first-order chi connectivity index (χ1) is 13.4. The van der Waals surface area contributed by atoms with E-state index in [1.165, 1.54) is 17.3 Å². The summed E-state index contributed by atoms with van der Waals surface area (Å²) in [5.41, 5.74) is 11.0. The number of ether oxygens (including phenoxy) is 1. The fraction of sp³-hybridized carbons (Fsp3) is 0.211. The molecule has 0 saturated carbocycles. The molecule has 0 amide bonds. The van der Waals surface area contributed by atoms with Crippen LogP contribution in [0.15, 0.2) is 52.6 Å². The molecule has 1 heterocycles. The maximum Gasteiger partial charge on any atom is 0.268 e. The zero-order valence-corrected chi connectivity index (χ0v) is 16.0. The van der Waals surface area contributed by atoms with Crippen LogP contribution >= 0.6 is 0 Å². The number of aryl methyl sites for hydroxylation is 1. The van der Waals surface area contributed by atoms with Crippen molar-refractivity contribution in [1.82, 2.24) is 3.97 Å². The van der Waals surface area contributed by atoms with Crippen LogP contribution in [0.1, 0.15) is 21.5 Å². The van der Waals surface area contributed by atoms with Crippen LogP contribution in [-0.4, -0.2) is 31.3 Å². The molecule has 0 N–H and O–H groups in total. The molecule has 0 fully saturated rings. The van der Waals surface area contributed by atoms with Crippen molar-refractivity contribution < 1.29 is 17.9 Å². The van der Waals surface area contributed by atoms with Crippen LogP contribution in [0.4, 0.5) is 0 Å². The summed E-state index contributed by atoms with van der Waals surface area (Å²) in [6, 6.07) is 8.80. The van der Waals surface area contributed by atoms with Gasteiger partial charge in [-0.15, -0.1) is 0 Å². The molecule has 0 spiro atoms. The molecule has 9 heteroatoms. The Hall–Kier alpha value is -3.29. The van der Waals surface area contributed by atoms with E-state index in [4.69, 9.17) is 10.3 Å². The molecule has 0 aliphatic heterocycles. The summed E-state index contributed by atoms with van der Waals surface area (Å²) < 4.78 is 32.9. The second-order valence-electron chi connectivity index (χ2n) is 6.59. The Bertz CT molecular complexity index is 1270. The number of azide groups is 1. The highest BCUT2D eigenvalue weighted by molar-refractivity contribution is 7.90. The van der Waals surface area contributed by atoms with Crippen LogP contribution in [0, 0.1) is 6.92 Å². The maximum absolute atomic E-state index is 13.2. The van der Waals surface area contributed by atoms with Crippen molar-refractivity contribution in [2.24, 2.45) is 5.11 Å². The molecule has 8 nitrogen and oxygen atoms in total. The van der Waals surface area contributed by atoms with Gasteiger partial charge >= 0.3 is 0 Å². The molecule has 2 aromatic carbocycles. The third-order valence-corrected chi connectivity index (χ3v) is 6.62. The second-order valence-corrected chi connectivity index (χ2v) is 8.41. The Morgan fingerprint density at radius 2 is 1.93 bits per heavy atom. The molecule has 1 unspecified atom stereocenters. The minimum atomic E-state index is -3.87. The Balaban J connectivity index is 2.01. The zero-order chi connectivity index (χ0) is 20.1. The number of benzene rings is 2. The summed E-state index contributed by atoms with van der Waals surface area (Å²) in [5, 5.41) is 4.10. The Labute approximate surface area is 161 Å². The van der Waals surface area contributed by atoms with Crippen molar-refractivity contribution in [3.63, 3.8) is 0 Å². The Morgan fingerprint density at radius 3 is 2.57 bits per heavy atom. The van der Waals surface area contributed by atoms with E-state index >= 15 is 0 Å². The van der Waals surface area contributed by atoms with Gasteiger partial charge in [0.1, 0.15) is 11.8 Å². The molecule has 0 bridgehead atoms. The monoisotopic (exact) mass is 396 g/mol. The summed E-state index contributed by atoms with van der Waals surface area (Å²) in [6.45, 7) is 1.88. The summed E-state index contributed by atoms with van der Waals surface area (Å²) in [7, 11) is -2.43. The minimum absolute atomic E-state index is 0.135. The molecule has 1 aliphatic carbocycles. The van der Waals surface area contributed by atoms with Crippen LogP contribution in [0.3, 0.4) is 0 Å². The number of ketones is 1. The van der Waals surface area contributed by atoms with Crippen LogP contribution < -0.4 is 4.74 Å². The largest absolute Gasteiger partial charge is 0.496 e. The predicted octanol–water partition coefficient (Wildman–Crippen LogP) is 3.61. The third-order valence-electron chi connectivity index (χ3n) is 4.93. The maximum atomic E-state index is 13.2. The summed E-state index contributed by atoms with van der Waals surface area (Å²) in [6.07, 6.45) is 1.63. The van der Waals surface area contributed by atoms with E-state index in [0.717, 1.165) is 5.56 Å². The molecule has 28 heavy (non-hydrogen) atoms. The molecule has 3 aromatic rings. The van der Waals surface area contributed by atoms with E-state index in [1.54, 1.807) is 36.4 Å². The van der Waals surface area contributed by atoms with Crippen molar-refractivity contribution in [3.8, 4) is 5.75 Å². The molecule has 0 saturated heterocycles. The molecule has 1 atom stereocenters. The van der Waals surface area contributed by atoms with Crippen molar-refractivity contribution in [2.45, 2.75) is 24.3 Å². The number of hydrogen-bond donors (Lipinski definition) is 0. The summed E-state index contributed by atoms with van der Waals surface area (Å²) in [4.78, 5) is 15.7. The van der Waals surface area contributed by atoms with E-state index < -0.39 is 16.1 Å². The fourth-order valence-corrected chi connectivity index (χ4v) is 4.96. The van der Waals surface area contributed by atoms with E-state index in [-0.39, 0.29) is 22.7 Å². The molecule has 4 rings (SSSR count). The van der Waals surface area contributed by atoms with Gasteiger partial charge in [0.15, 0.2) is 5.78 Å². The molecule has 0 radical (unpaired) electrons. The van der Waals surface area contributed by atoms with Crippen LogP contribution in [0.2, 0.25) is 0 Å². The zero-order valence-electron chi connectivity index (χ0n) is 15.2. The number of nitrogens with zero attached hydrogens (tertiary/aromatic N) is 4. The third kappa shape index (κ3) is 2.56. The van der Waals surface area contributed by atoms with Gasteiger partial charge in [0, 0.05) is 16.5 Å². The van der Waals surface area contributed by atoms with Crippen molar-refractivity contribution in [3.05, 3.63) is 69.7 Å². The Kier molecular flexibility index (Phi) is 4.14. The smallest absolute Gasteiger partial charge is 0.268 e. The minimum Gasteiger partial charge on any atom is -0.496 e. The standard InChI is InChI=1S/C19H16N4O4S/c1-11-3-5-13(6-4-11)28(25,26)23-10-12-9-14(21-22-20)19(24)18-16(27-2)8-7-15(23)17(12)18/h3-8,10,14H,9H2,1-2H3. The first-order valence-electron chi connectivity index (χ1n) is 8.50. The molecular weight excluding hydrogens is 380 g/mol. The lowest BCUT2D eigenvalue weighted by Crippen LogP contribution is -2.25. The van der Waals surface area contributed by atoms with Crippen molar-refractivity contribution in [1.29, 1.82) is 0 Å². The van der Waals surface area contributed by atoms with Gasteiger partial charge in [-0.25, -0.2) is 12.4 Å². The average molecular weight is 396 g/mol. The van der Waals surface area contributed by atoms with Gasteiger partial charge in [-0.2, -0.15) is 0 Å². The first kappa shape index (κ1) is 18.1. The van der Waals surface area contributed by atoms with Crippen LogP contribution in [0.25, 0.3) is 21.3 Å². The van der Waals surface area contributed by atoms with Gasteiger partial charge in [0.05, 0.1) is 23.1 Å². The molecule has 142 valence electrons. The van der Waals surface area contributed by atoms with Gasteiger partial charge < -0.3 is 4.74 Å². The topological polar surface area (TPSA) is 114 Å². The first-order valence-corrected chi connectivity index (χ1v) is 9.94. The highest BCUT2D eigenvalue weighted by Gasteiger charge is 2.34. The van der Waals surface area contributed by atoms with E-state index in [9.17, 15) is 13.2 Å². The number of Topliss-reactive ketones (excluding diaryl/α,β-unsaturated/α-hetero) is 1. The van der Waals surface area contributed by atoms with Crippen molar-refractivity contribution >= 4 is 26.7 Å². The van der Waals surface area contributed by atoms with Gasteiger partial charge in [0.2, 0.25) is 0 Å². The number of hydrogen-bond acceptors (Lipinski definition) is 5. The molecule has 1 aliphatic rings. The quantitative estimate of drug-likeness (QED) is 0.380. The second kappa shape index (κ2) is 6.40. The number of rotatable bonds is 4. The number of aromatic nitrogens is 1. The Morgan fingerprint density at radius 1 is 1.21 bits per heavy atom. The normalized spacial score (nSPS) is 16.1. The van der Waals surface area contributed by atoms with Gasteiger partial charge in [-0.3, -0.25) is 4.79 Å². The predicted molar refractivity (Wildman–Crippen MR) is 103 cm³/mol. The van der Waals surface area contributed by atoms with E-state index in [1.807, 2.05) is 6.92 Å². The lowest BCUT2D eigenvalue weighted by atomic mass is 9.88. The average Bonchev–Trinajstić information content (AvgIpc) is 3.06. The highest BCUT2D eigenvalue weighted by Crippen LogP contribution is 2.39. The number of carbonyl (C=O) groups excluding carboxylic acids is 1. The number of carbonyl (C=O) groups is 1. The lowest BCUT2D eigenvalue weighted by molar-refractivity contribution is 0.0957. The molecular formula is C19H16N4O4S. The summed E-state index contributed by atoms with van der Waals surface area (Å²) >= 11 is 0. The number of methoxy groups -OCH3 is 1. The fourth-order valence-electron chi connectivity index (χ4n) is 3.57. The van der Waals surface area contributed by atoms with E-state index in [2.05, 4.69) is 10.0 Å². The van der Waals surface area contributed by atoms with Crippen LogP contribution in [0.5, 0.6) is 5.75 Å². The van der Waals surface area contributed by atoms with Gasteiger partial charge in [-0.1, -0.05) is 22.8 Å². The lowest BCUT2D eigenvalue weighted by Gasteiger charge is -2.19. The van der Waals surface area contributed by atoms with Gasteiger partial charge in [0.25, 0.3) is 10.0 Å². The van der Waals surface area contributed by atoms with Gasteiger partial charge in [-0.05, 0) is 48.7 Å². The van der Waals surface area contributed by atoms with Crippen LogP contribution in [-0.2, 0) is 16.4 Å². The van der Waals surface area contributed by atoms with E-state index in [0.29, 0.717) is 22.2 Å².